The highest BCUT2D eigenvalue weighted by Gasteiger charge is 2.35. The van der Waals surface area contributed by atoms with Gasteiger partial charge in [-0.05, 0) is 37.0 Å². The van der Waals surface area contributed by atoms with Gasteiger partial charge in [0.15, 0.2) is 5.78 Å². The summed E-state index contributed by atoms with van der Waals surface area (Å²) < 4.78 is 7.42. The highest BCUT2D eigenvalue weighted by molar-refractivity contribution is 6.10. The minimum atomic E-state index is -0.150. The molecular formula is C22H24N4O2. The number of piperidine rings is 1. The number of aromatic nitrogens is 2. The van der Waals surface area contributed by atoms with E-state index in [1.807, 2.05) is 31.6 Å². The van der Waals surface area contributed by atoms with Crippen LogP contribution in [0.25, 0.3) is 16.8 Å². The molecule has 0 amide bonds. The van der Waals surface area contributed by atoms with Crippen LogP contribution in [0, 0.1) is 11.3 Å². The molecule has 1 saturated heterocycles. The number of aryl methyl sites for hydroxylation is 1. The van der Waals surface area contributed by atoms with Crippen LogP contribution in [-0.2, 0) is 23.0 Å². The normalized spacial score (nSPS) is 18.8. The maximum atomic E-state index is 12.6. The summed E-state index contributed by atoms with van der Waals surface area (Å²) in [6, 6.07) is 8.30. The summed E-state index contributed by atoms with van der Waals surface area (Å²) in [6.45, 7) is 3.63. The Bertz CT molecular complexity index is 1000. The van der Waals surface area contributed by atoms with Gasteiger partial charge in [-0.1, -0.05) is 12.1 Å². The minimum absolute atomic E-state index is 0.0980. The first-order chi connectivity index (χ1) is 13.4. The third kappa shape index (κ3) is 3.12. The Morgan fingerprint density at radius 3 is 2.61 bits per heavy atom. The fourth-order valence-corrected chi connectivity index (χ4v) is 4.08. The van der Waals surface area contributed by atoms with Gasteiger partial charge in [0.1, 0.15) is 11.6 Å². The van der Waals surface area contributed by atoms with E-state index in [0.29, 0.717) is 0 Å². The zero-order valence-electron chi connectivity index (χ0n) is 16.5. The van der Waals surface area contributed by atoms with Crippen LogP contribution >= 0.6 is 0 Å². The van der Waals surface area contributed by atoms with Crippen molar-refractivity contribution >= 4 is 11.5 Å². The number of hydrogen-bond donors (Lipinski definition) is 0. The van der Waals surface area contributed by atoms with E-state index in [9.17, 15) is 10.1 Å². The molecule has 6 nitrogen and oxygen atoms in total. The molecule has 2 aliphatic rings. The Morgan fingerprint density at radius 1 is 1.25 bits per heavy atom. The Hall–Kier alpha value is -2.91. The number of nitriles is 1. The van der Waals surface area contributed by atoms with E-state index in [4.69, 9.17) is 4.74 Å². The Labute approximate surface area is 165 Å². The molecule has 28 heavy (non-hydrogen) atoms. The summed E-state index contributed by atoms with van der Waals surface area (Å²) >= 11 is 0. The number of methoxy groups -OCH3 is 1. The van der Waals surface area contributed by atoms with E-state index in [1.54, 1.807) is 11.8 Å². The Morgan fingerprint density at radius 2 is 2.00 bits per heavy atom. The third-order valence-electron chi connectivity index (χ3n) is 6.01. The highest BCUT2D eigenvalue weighted by Crippen LogP contribution is 2.38. The molecule has 1 aliphatic heterocycles. The molecule has 4 rings (SSSR count). The zero-order chi connectivity index (χ0) is 19.9. The average molecular weight is 376 g/mol. The maximum Gasteiger partial charge on any atom is 0.179 e. The van der Waals surface area contributed by atoms with Gasteiger partial charge in [0.2, 0.25) is 0 Å². The summed E-state index contributed by atoms with van der Waals surface area (Å²) in [4.78, 5) is 14.8. The molecule has 2 heterocycles. The summed E-state index contributed by atoms with van der Waals surface area (Å²) in [5, 5.41) is 14.0. The molecule has 0 spiro atoms. The van der Waals surface area contributed by atoms with E-state index in [-0.39, 0.29) is 23.4 Å². The van der Waals surface area contributed by atoms with E-state index < -0.39 is 0 Å². The topological polar surface area (TPSA) is 71.2 Å². The fraction of sp³-hybridized carbons (Fsp3) is 0.409. The molecule has 0 bridgehead atoms. The molecular weight excluding hydrogens is 352 g/mol. The number of carbonyl (C=O) groups is 1. The number of nitrogens with zero attached hydrogens (tertiary/aromatic N) is 4. The van der Waals surface area contributed by atoms with Crippen LogP contribution in [0.1, 0.15) is 30.9 Å². The molecule has 1 fully saturated rings. The van der Waals surface area contributed by atoms with Crippen LogP contribution in [0.2, 0.25) is 0 Å². The van der Waals surface area contributed by atoms with Gasteiger partial charge < -0.3 is 9.64 Å². The predicted molar refractivity (Wildman–Crippen MR) is 106 cm³/mol. The molecule has 0 unspecified atom stereocenters. The van der Waals surface area contributed by atoms with Crippen molar-refractivity contribution in [2.24, 2.45) is 7.05 Å². The lowest BCUT2D eigenvalue weighted by Gasteiger charge is -2.41. The molecule has 1 aromatic heterocycles. The number of rotatable bonds is 3. The molecule has 0 N–H and O–H groups in total. The van der Waals surface area contributed by atoms with Gasteiger partial charge >= 0.3 is 0 Å². The number of hydrogen-bond acceptors (Lipinski definition) is 5. The fourth-order valence-electron chi connectivity index (χ4n) is 4.08. The monoisotopic (exact) mass is 376 g/mol. The van der Waals surface area contributed by atoms with Gasteiger partial charge in [0, 0.05) is 51.0 Å². The van der Waals surface area contributed by atoms with Crippen molar-refractivity contribution < 1.29 is 9.53 Å². The van der Waals surface area contributed by atoms with Gasteiger partial charge in [-0.15, -0.1) is 0 Å². The second kappa shape index (κ2) is 6.92. The average Bonchev–Trinajstić information content (AvgIpc) is 3.14. The smallest absolute Gasteiger partial charge is 0.179 e. The number of carbonyl (C=O) groups excluding carboxylic acids is 1. The van der Waals surface area contributed by atoms with Crippen LogP contribution in [0.4, 0.5) is 0 Å². The number of allylic oxidation sites excluding steroid dienone is 1. The minimum Gasteiger partial charge on any atom is -0.378 e. The van der Waals surface area contributed by atoms with Gasteiger partial charge in [-0.3, -0.25) is 9.48 Å². The van der Waals surface area contributed by atoms with Crippen molar-refractivity contribution in [3.8, 4) is 17.2 Å². The van der Waals surface area contributed by atoms with E-state index in [0.717, 1.165) is 53.9 Å². The van der Waals surface area contributed by atoms with Crippen molar-refractivity contribution in [3.63, 3.8) is 0 Å². The lowest BCUT2D eigenvalue weighted by molar-refractivity contribution is -0.114. The van der Waals surface area contributed by atoms with Crippen LogP contribution in [0.15, 0.2) is 36.2 Å². The molecule has 2 aromatic rings. The van der Waals surface area contributed by atoms with Gasteiger partial charge in [0.05, 0.1) is 17.5 Å². The molecule has 0 radical (unpaired) electrons. The SMILES string of the molecule is COC1(C)CCN(C2=C(C#N)C(=O)Cc3ccc(-c4cnn(C)c4)cc32)CC1. The van der Waals surface area contributed by atoms with Gasteiger partial charge in [-0.25, -0.2) is 0 Å². The second-order valence-corrected chi connectivity index (χ2v) is 7.85. The first kappa shape index (κ1) is 18.5. The van der Waals surface area contributed by atoms with E-state index >= 15 is 0 Å². The number of fused-ring (bicyclic) bond motifs is 1. The predicted octanol–water partition coefficient (Wildman–Crippen LogP) is 2.95. The summed E-state index contributed by atoms with van der Waals surface area (Å²) in [5.74, 6) is -0.0980. The van der Waals surface area contributed by atoms with Crippen LogP contribution in [-0.4, -0.2) is 46.3 Å². The lowest BCUT2D eigenvalue weighted by Crippen LogP contribution is -2.43. The molecule has 144 valence electrons. The Kier molecular flexibility index (Phi) is 4.56. The van der Waals surface area contributed by atoms with Crippen molar-refractivity contribution in [3.05, 3.63) is 47.3 Å². The molecule has 1 aromatic carbocycles. The number of ketones is 1. The van der Waals surface area contributed by atoms with Crippen molar-refractivity contribution in [1.82, 2.24) is 14.7 Å². The standard InChI is InChI=1S/C22H24N4O2/c1-22(28-3)6-8-26(9-7-22)21-18-10-15(17-13-24-25(2)14-17)4-5-16(18)11-20(27)19(21)12-23/h4-5,10,13-14H,6-9,11H2,1-3H3. The third-order valence-corrected chi connectivity index (χ3v) is 6.01. The lowest BCUT2D eigenvalue weighted by atomic mass is 9.84. The number of ether oxygens (including phenoxy) is 1. The molecule has 0 atom stereocenters. The molecule has 0 saturated carbocycles. The second-order valence-electron chi connectivity index (χ2n) is 7.85. The number of Topliss-reactive ketones (excluding diaryl/α,β-unsaturated/α-hetero) is 1. The van der Waals surface area contributed by atoms with E-state index in [1.165, 1.54) is 0 Å². The Balaban J connectivity index is 1.78. The molecule has 1 aliphatic carbocycles. The van der Waals surface area contributed by atoms with Crippen LogP contribution in [0.3, 0.4) is 0 Å². The zero-order valence-corrected chi connectivity index (χ0v) is 16.5. The van der Waals surface area contributed by atoms with Crippen molar-refractivity contribution in [1.29, 1.82) is 5.26 Å². The van der Waals surface area contributed by atoms with Crippen LogP contribution in [0.5, 0.6) is 0 Å². The quantitative estimate of drug-likeness (QED) is 0.824. The van der Waals surface area contributed by atoms with Gasteiger partial charge in [-0.2, -0.15) is 10.4 Å². The largest absolute Gasteiger partial charge is 0.378 e. The molecule has 6 heteroatoms. The highest BCUT2D eigenvalue weighted by atomic mass is 16.5. The van der Waals surface area contributed by atoms with Crippen LogP contribution < -0.4 is 0 Å². The summed E-state index contributed by atoms with van der Waals surface area (Å²) in [7, 11) is 3.63. The van der Waals surface area contributed by atoms with Gasteiger partial charge in [0.25, 0.3) is 0 Å². The van der Waals surface area contributed by atoms with E-state index in [2.05, 4.69) is 29.1 Å². The first-order valence-electron chi connectivity index (χ1n) is 9.54. The number of likely N-dealkylation sites (tertiary alicyclic amines) is 1. The number of benzene rings is 1. The maximum absolute atomic E-state index is 12.6. The van der Waals surface area contributed by atoms with Crippen molar-refractivity contribution in [2.75, 3.05) is 20.2 Å². The van der Waals surface area contributed by atoms with Crippen molar-refractivity contribution in [2.45, 2.75) is 31.8 Å². The summed E-state index contributed by atoms with van der Waals surface area (Å²) in [6.07, 6.45) is 5.79. The first-order valence-corrected chi connectivity index (χ1v) is 9.54. The summed E-state index contributed by atoms with van der Waals surface area (Å²) in [5.41, 5.74) is 4.92.